The summed E-state index contributed by atoms with van der Waals surface area (Å²) in [5, 5.41) is 32.5. The number of unbranched alkanes of at least 4 members (excludes halogenated alkanes) is 5. The lowest BCUT2D eigenvalue weighted by atomic mass is 9.96. The van der Waals surface area contributed by atoms with Crippen LogP contribution in [-0.4, -0.2) is 169 Å². The summed E-state index contributed by atoms with van der Waals surface area (Å²) in [6, 6.07) is 0. The highest BCUT2D eigenvalue weighted by Crippen LogP contribution is 2.35. The number of rotatable bonds is 20. The van der Waals surface area contributed by atoms with E-state index in [1.807, 2.05) is 0 Å². The predicted molar refractivity (Wildman–Crippen MR) is 170 cm³/mol. The summed E-state index contributed by atoms with van der Waals surface area (Å²) in [5.74, 6) is -0.186. The first-order valence-corrected chi connectivity index (χ1v) is 17.2. The first-order valence-electron chi connectivity index (χ1n) is 17.2. The third kappa shape index (κ3) is 11.2. The van der Waals surface area contributed by atoms with Crippen LogP contribution in [0.2, 0.25) is 0 Å². The van der Waals surface area contributed by atoms with E-state index in [1.54, 1.807) is 13.8 Å². The fourth-order valence-electron chi connectivity index (χ4n) is 6.61. The number of aliphatic hydroxyl groups excluding tert-OH is 3. The van der Waals surface area contributed by atoms with E-state index in [0.29, 0.717) is 13.0 Å². The molecule has 0 spiro atoms. The number of ether oxygens (including phenoxy) is 12. The largest absolute Gasteiger partial charge is 0.469 e. The fourth-order valence-corrected chi connectivity index (χ4v) is 6.61. The minimum Gasteiger partial charge on any atom is -0.469 e. The molecule has 0 unspecified atom stereocenters. The van der Waals surface area contributed by atoms with Gasteiger partial charge in [0.15, 0.2) is 18.9 Å². The predicted octanol–water partition coefficient (Wildman–Crippen LogP) is 0.681. The van der Waals surface area contributed by atoms with Gasteiger partial charge in [0.05, 0.1) is 25.9 Å². The van der Waals surface area contributed by atoms with Crippen molar-refractivity contribution in [3.05, 3.63) is 0 Å². The van der Waals surface area contributed by atoms with Gasteiger partial charge in [0.1, 0.15) is 61.0 Å². The molecule has 3 rings (SSSR count). The van der Waals surface area contributed by atoms with Gasteiger partial charge < -0.3 is 72.2 Å². The van der Waals surface area contributed by atoms with Gasteiger partial charge in [-0.25, -0.2) is 0 Å². The molecule has 0 aromatic rings. The Morgan fingerprint density at radius 1 is 0.571 bits per heavy atom. The first kappa shape index (κ1) is 42.3. The Kier molecular flexibility index (Phi) is 18.5. The molecule has 16 nitrogen and oxygen atoms in total. The Hall–Kier alpha value is -1.09. The van der Waals surface area contributed by atoms with Crippen LogP contribution in [0.25, 0.3) is 0 Å². The van der Waals surface area contributed by atoms with Gasteiger partial charge in [-0.1, -0.05) is 25.7 Å². The Morgan fingerprint density at radius 2 is 1.16 bits per heavy atom. The quantitative estimate of drug-likeness (QED) is 0.118. The second kappa shape index (κ2) is 21.4. The molecule has 3 aliphatic rings. The van der Waals surface area contributed by atoms with Crippen molar-refractivity contribution >= 4 is 5.97 Å². The van der Waals surface area contributed by atoms with Crippen molar-refractivity contribution in [2.75, 3.05) is 55.9 Å². The van der Waals surface area contributed by atoms with Crippen molar-refractivity contribution < 1.29 is 77.0 Å². The van der Waals surface area contributed by atoms with E-state index in [0.717, 1.165) is 38.5 Å². The molecule has 0 saturated carbocycles. The van der Waals surface area contributed by atoms with Crippen LogP contribution >= 0.6 is 0 Å². The molecular weight excluding hydrogens is 652 g/mol. The fraction of sp³-hybridized carbons (Fsp3) is 0.970. The maximum absolute atomic E-state index is 11.3. The van der Waals surface area contributed by atoms with Crippen molar-refractivity contribution in [1.82, 2.24) is 0 Å². The van der Waals surface area contributed by atoms with E-state index in [-0.39, 0.29) is 12.6 Å². The van der Waals surface area contributed by atoms with Gasteiger partial charge in [0.25, 0.3) is 0 Å². The van der Waals surface area contributed by atoms with E-state index >= 15 is 0 Å². The van der Waals surface area contributed by atoms with E-state index < -0.39 is 92.1 Å². The topological polar surface area (TPSA) is 189 Å². The molecule has 0 radical (unpaired) electrons. The highest BCUT2D eigenvalue weighted by atomic mass is 16.8. The lowest BCUT2D eigenvalue weighted by molar-refractivity contribution is -0.384. The van der Waals surface area contributed by atoms with Crippen LogP contribution < -0.4 is 0 Å². The van der Waals surface area contributed by atoms with Crippen molar-refractivity contribution in [3.63, 3.8) is 0 Å². The maximum atomic E-state index is 11.3. The van der Waals surface area contributed by atoms with E-state index in [9.17, 15) is 20.1 Å². The van der Waals surface area contributed by atoms with Gasteiger partial charge in [-0.15, -0.1) is 0 Å². The zero-order valence-corrected chi connectivity index (χ0v) is 30.2. The van der Waals surface area contributed by atoms with Crippen molar-refractivity contribution in [2.45, 2.75) is 151 Å². The van der Waals surface area contributed by atoms with Gasteiger partial charge in [-0.3, -0.25) is 4.79 Å². The summed E-state index contributed by atoms with van der Waals surface area (Å²) in [6.45, 7) is 3.94. The van der Waals surface area contributed by atoms with Gasteiger partial charge in [0, 0.05) is 48.6 Å². The summed E-state index contributed by atoms with van der Waals surface area (Å²) in [5.41, 5.74) is 0. The highest BCUT2D eigenvalue weighted by Gasteiger charge is 2.54. The molecule has 16 heteroatoms. The Morgan fingerprint density at radius 3 is 1.78 bits per heavy atom. The number of aliphatic hydroxyl groups is 3. The van der Waals surface area contributed by atoms with E-state index in [4.69, 9.17) is 52.1 Å². The number of carbonyl (C=O) groups excluding carboxylic acids is 1. The third-order valence-corrected chi connectivity index (χ3v) is 9.41. The molecule has 3 saturated heterocycles. The summed E-state index contributed by atoms with van der Waals surface area (Å²) in [6.07, 6.45) is -7.91. The van der Waals surface area contributed by atoms with Crippen LogP contribution in [-0.2, 0) is 61.6 Å². The SMILES string of the molecule is COC[C@H]1O[C@@H](O[C@@H]2[C@@H](OC)[C@@H](OC)[C@H](O[C@H]3[C@H](OCCCCCCCCC(=O)OC)O[C@@H](C)[C@H](O)[C@H]3OC)O[C@H]2C)[C@H](O)[C@@H](OC)[C@@H]1O. The number of esters is 1. The normalized spacial score (nSPS) is 39.9. The first-order chi connectivity index (χ1) is 23.6. The molecular formula is C33H60O16. The molecule has 288 valence electrons. The average molecular weight is 713 g/mol. The number of hydrogen-bond acceptors (Lipinski definition) is 16. The standard InChI is InChI=1S/C33H60O16/c1-18-22(35)27(41-6)30(32(45-18)44-16-14-12-10-9-11-13-15-21(34)39-4)49-33-29(43-8)28(42-7)25(19(2)46-33)48-31-24(37)26(40-5)23(36)20(47-31)17-38-3/h18-20,22-33,35-37H,9-17H2,1-8H3/t18-,19-,20+,22-,23+,24+,25-,26-,27+,28+,29+,30+,31-,32+,33-/m0/s1. The van der Waals surface area contributed by atoms with E-state index in [1.165, 1.54) is 42.7 Å². The van der Waals surface area contributed by atoms with Crippen LogP contribution in [0.1, 0.15) is 58.8 Å². The molecule has 49 heavy (non-hydrogen) atoms. The average Bonchev–Trinajstić information content (AvgIpc) is 3.09. The number of carbonyl (C=O) groups is 1. The third-order valence-electron chi connectivity index (χ3n) is 9.41. The summed E-state index contributed by atoms with van der Waals surface area (Å²) >= 11 is 0. The maximum Gasteiger partial charge on any atom is 0.305 e. The van der Waals surface area contributed by atoms with Crippen molar-refractivity contribution in [1.29, 1.82) is 0 Å². The molecule has 0 aromatic carbocycles. The second-order valence-electron chi connectivity index (χ2n) is 12.7. The Balaban J connectivity index is 1.66. The molecule has 3 heterocycles. The van der Waals surface area contributed by atoms with Crippen LogP contribution in [0.4, 0.5) is 0 Å². The summed E-state index contributed by atoms with van der Waals surface area (Å²) in [7, 11) is 8.71. The molecule has 15 atom stereocenters. The molecule has 0 amide bonds. The van der Waals surface area contributed by atoms with E-state index in [2.05, 4.69) is 4.74 Å². The molecule has 0 aromatic heterocycles. The smallest absolute Gasteiger partial charge is 0.305 e. The number of methoxy groups -OCH3 is 6. The molecule has 3 N–H and O–H groups in total. The molecule has 3 aliphatic heterocycles. The van der Waals surface area contributed by atoms with Crippen molar-refractivity contribution in [3.8, 4) is 0 Å². The minimum absolute atomic E-state index is 0.0466. The summed E-state index contributed by atoms with van der Waals surface area (Å²) < 4.78 is 69.8. The molecule has 3 fully saturated rings. The van der Waals surface area contributed by atoms with Gasteiger partial charge in [-0.05, 0) is 26.7 Å². The lowest BCUT2D eigenvalue weighted by Gasteiger charge is -2.49. The minimum atomic E-state index is -1.33. The second-order valence-corrected chi connectivity index (χ2v) is 12.7. The lowest BCUT2D eigenvalue weighted by Crippen LogP contribution is -2.66. The van der Waals surface area contributed by atoms with Gasteiger partial charge in [0.2, 0.25) is 0 Å². The zero-order valence-electron chi connectivity index (χ0n) is 30.2. The molecule has 0 aliphatic carbocycles. The number of hydrogen-bond donors (Lipinski definition) is 3. The monoisotopic (exact) mass is 712 g/mol. The van der Waals surface area contributed by atoms with Crippen molar-refractivity contribution in [2.24, 2.45) is 0 Å². The summed E-state index contributed by atoms with van der Waals surface area (Å²) in [4.78, 5) is 11.3. The van der Waals surface area contributed by atoms with Gasteiger partial charge in [-0.2, -0.15) is 0 Å². The zero-order chi connectivity index (χ0) is 36.1. The van der Waals surface area contributed by atoms with Gasteiger partial charge >= 0.3 is 5.97 Å². The van der Waals surface area contributed by atoms with Crippen LogP contribution in [0.3, 0.4) is 0 Å². The highest BCUT2D eigenvalue weighted by molar-refractivity contribution is 5.68. The van der Waals surface area contributed by atoms with Crippen LogP contribution in [0, 0.1) is 0 Å². The van der Waals surface area contributed by atoms with Crippen LogP contribution in [0.15, 0.2) is 0 Å². The Labute approximate surface area is 289 Å². The van der Waals surface area contributed by atoms with Crippen LogP contribution in [0.5, 0.6) is 0 Å². The molecule has 0 bridgehead atoms. The Bertz CT molecular complexity index is 929.